The number of hydrogen-bond acceptors (Lipinski definition) is 6. The summed E-state index contributed by atoms with van der Waals surface area (Å²) in [5.74, 6) is -4.32. The molecule has 1 aromatic rings. The molecule has 1 aliphatic heterocycles. The molecule has 0 bridgehead atoms. The highest BCUT2D eigenvalue weighted by molar-refractivity contribution is 6.37. The molecule has 3 fully saturated rings. The standard InChI is InChI=1S/C38H54N4O6/c1-7-13-26(32(44)33(39)45)40-35(47)31-29-25(38(29,5)6)20-42(31)36(48)30(21-14-9-8-10-15-21)41-34(46)24-18-22-16-11-12-17-23(22)28(24)27(43)19-37(2,3)4/h11-12,16-17,21,24-26,28-31H,7-10,13-15,18-20H2,1-6H3,(H2,39,45)(H,40,47)(H,41,46)/t24?,25-,26?,28?,29-,30-,31-/m0/s1. The van der Waals surface area contributed by atoms with Gasteiger partial charge in [-0.25, -0.2) is 0 Å². The lowest BCUT2D eigenvalue weighted by atomic mass is 9.79. The van der Waals surface area contributed by atoms with Gasteiger partial charge in [0.15, 0.2) is 0 Å². The van der Waals surface area contributed by atoms with Gasteiger partial charge in [0.05, 0.1) is 17.9 Å². The van der Waals surface area contributed by atoms with E-state index in [0.29, 0.717) is 25.8 Å². The van der Waals surface area contributed by atoms with Gasteiger partial charge in [0, 0.05) is 13.0 Å². The number of benzene rings is 1. The van der Waals surface area contributed by atoms with Crippen molar-refractivity contribution in [2.45, 2.75) is 123 Å². The summed E-state index contributed by atoms with van der Waals surface area (Å²) >= 11 is 0. The van der Waals surface area contributed by atoms with Crippen LogP contribution in [0.15, 0.2) is 24.3 Å². The lowest BCUT2D eigenvalue weighted by Crippen LogP contribution is -2.60. The molecule has 0 aromatic heterocycles. The molecule has 4 N–H and O–H groups in total. The average Bonchev–Trinajstić information content (AvgIpc) is 3.37. The van der Waals surface area contributed by atoms with E-state index in [1.54, 1.807) is 4.90 Å². The zero-order valence-electron chi connectivity index (χ0n) is 29.5. The highest BCUT2D eigenvalue weighted by atomic mass is 16.2. The number of fused-ring (bicyclic) bond motifs is 2. The molecule has 3 aliphatic carbocycles. The van der Waals surface area contributed by atoms with Gasteiger partial charge in [-0.05, 0) is 65.4 Å². The summed E-state index contributed by atoms with van der Waals surface area (Å²) in [7, 11) is 0. The van der Waals surface area contributed by atoms with E-state index >= 15 is 0 Å². The van der Waals surface area contributed by atoms with Gasteiger partial charge in [-0.1, -0.05) is 91.5 Å². The number of primary amides is 1. The summed E-state index contributed by atoms with van der Waals surface area (Å²) < 4.78 is 0. The van der Waals surface area contributed by atoms with Crippen molar-refractivity contribution >= 4 is 35.2 Å². The molecule has 5 rings (SSSR count). The Morgan fingerprint density at radius 1 is 0.979 bits per heavy atom. The van der Waals surface area contributed by atoms with Crippen molar-refractivity contribution in [3.63, 3.8) is 0 Å². The Kier molecular flexibility index (Phi) is 10.2. The summed E-state index contributed by atoms with van der Waals surface area (Å²) in [5, 5.41) is 5.93. The minimum atomic E-state index is -1.11. The third-order valence-corrected chi connectivity index (χ3v) is 11.5. The maximum atomic E-state index is 14.7. The van der Waals surface area contributed by atoms with Crippen LogP contribution in [0.5, 0.6) is 0 Å². The van der Waals surface area contributed by atoms with Crippen molar-refractivity contribution in [1.82, 2.24) is 15.5 Å². The molecular formula is C38H54N4O6. The smallest absolute Gasteiger partial charge is 0.287 e. The number of carbonyl (C=O) groups excluding carboxylic acids is 6. The van der Waals surface area contributed by atoms with Crippen molar-refractivity contribution in [3.05, 3.63) is 35.4 Å². The number of nitrogens with zero attached hydrogens (tertiary/aromatic N) is 1. The zero-order valence-corrected chi connectivity index (χ0v) is 29.5. The molecule has 3 unspecified atom stereocenters. The van der Waals surface area contributed by atoms with E-state index in [4.69, 9.17) is 5.73 Å². The van der Waals surface area contributed by atoms with Crippen LogP contribution >= 0.6 is 0 Å². The van der Waals surface area contributed by atoms with Crippen LogP contribution in [0, 0.1) is 34.5 Å². The number of hydrogen-bond donors (Lipinski definition) is 3. The number of nitrogens with two attached hydrogens (primary N) is 1. The second-order valence-electron chi connectivity index (χ2n) is 16.5. The maximum Gasteiger partial charge on any atom is 0.287 e. The van der Waals surface area contributed by atoms with E-state index in [0.717, 1.165) is 43.2 Å². The number of carbonyl (C=O) groups is 6. The fraction of sp³-hybridized carbons (Fsp3) is 0.684. The number of amides is 4. The summed E-state index contributed by atoms with van der Waals surface area (Å²) in [6, 6.07) is 5.00. The van der Waals surface area contributed by atoms with Crippen LogP contribution in [0.1, 0.15) is 110 Å². The lowest BCUT2D eigenvalue weighted by Gasteiger charge is -2.37. The van der Waals surface area contributed by atoms with Gasteiger partial charge in [-0.2, -0.15) is 0 Å². The van der Waals surface area contributed by atoms with Gasteiger partial charge >= 0.3 is 0 Å². The number of piperidine rings is 1. The summed E-state index contributed by atoms with van der Waals surface area (Å²) in [5.41, 5.74) is 6.75. The molecule has 1 heterocycles. The first-order valence-corrected chi connectivity index (χ1v) is 17.9. The van der Waals surface area contributed by atoms with Gasteiger partial charge in [0.25, 0.3) is 5.91 Å². The van der Waals surface area contributed by atoms with Gasteiger partial charge in [-0.15, -0.1) is 0 Å². The van der Waals surface area contributed by atoms with Gasteiger partial charge in [-0.3, -0.25) is 28.8 Å². The topological polar surface area (TPSA) is 156 Å². The van der Waals surface area contributed by atoms with Crippen LogP contribution in [0.4, 0.5) is 0 Å². The Bertz CT molecular complexity index is 1460. The average molecular weight is 663 g/mol. The fourth-order valence-corrected chi connectivity index (χ4v) is 8.96. The van der Waals surface area contributed by atoms with Crippen LogP contribution in [0.2, 0.25) is 0 Å². The quantitative estimate of drug-likeness (QED) is 0.289. The first kappa shape index (κ1) is 35.7. The van der Waals surface area contributed by atoms with Gasteiger partial charge in [0.2, 0.25) is 23.5 Å². The predicted molar refractivity (Wildman–Crippen MR) is 181 cm³/mol. The Hall–Kier alpha value is -3.56. The fourth-order valence-electron chi connectivity index (χ4n) is 8.96. The molecular weight excluding hydrogens is 608 g/mol. The van der Waals surface area contributed by atoms with E-state index in [9.17, 15) is 28.8 Å². The number of rotatable bonds is 12. The SMILES string of the molecule is CCCC(NC(=O)[C@@H]1[C@@H]2[C@H](CN1C(=O)[C@@H](NC(=O)C1Cc3ccccc3C1C(=O)CC(C)(C)C)C1CCCCC1)C2(C)C)C(=O)C(N)=O. The van der Waals surface area contributed by atoms with Crippen LogP contribution in [-0.2, 0) is 35.2 Å². The van der Waals surface area contributed by atoms with E-state index in [2.05, 4.69) is 24.5 Å². The predicted octanol–water partition coefficient (Wildman–Crippen LogP) is 3.84. The Morgan fingerprint density at radius 3 is 2.27 bits per heavy atom. The van der Waals surface area contributed by atoms with Crippen molar-refractivity contribution in [1.29, 1.82) is 0 Å². The lowest BCUT2D eigenvalue weighted by molar-refractivity contribution is -0.146. The number of nitrogens with one attached hydrogen (secondary N) is 2. The molecule has 0 radical (unpaired) electrons. The third kappa shape index (κ3) is 7.08. The van der Waals surface area contributed by atoms with Crippen LogP contribution < -0.4 is 16.4 Å². The first-order valence-electron chi connectivity index (χ1n) is 17.9. The molecule has 0 spiro atoms. The normalized spacial score (nSPS) is 27.3. The van der Waals surface area contributed by atoms with Crippen molar-refractivity contribution < 1.29 is 28.8 Å². The monoisotopic (exact) mass is 662 g/mol. The second kappa shape index (κ2) is 13.7. The minimum absolute atomic E-state index is 0.0267. The molecule has 4 aliphatic rings. The maximum absolute atomic E-state index is 14.7. The summed E-state index contributed by atoms with van der Waals surface area (Å²) in [4.78, 5) is 82.6. The number of ketones is 2. The van der Waals surface area contributed by atoms with Crippen LogP contribution in [0.25, 0.3) is 0 Å². The molecule has 2 saturated carbocycles. The Morgan fingerprint density at radius 2 is 1.65 bits per heavy atom. The van der Waals surface area contributed by atoms with E-state index in [-0.39, 0.29) is 52.6 Å². The van der Waals surface area contributed by atoms with E-state index in [1.165, 1.54) is 0 Å². The summed E-state index contributed by atoms with van der Waals surface area (Å²) in [6.45, 7) is 12.4. The Labute approximate surface area is 284 Å². The van der Waals surface area contributed by atoms with Crippen molar-refractivity contribution in [2.24, 2.45) is 40.2 Å². The second-order valence-corrected chi connectivity index (χ2v) is 16.5. The zero-order chi connectivity index (χ0) is 35.1. The number of likely N-dealkylation sites (tertiary alicyclic amines) is 1. The van der Waals surface area contributed by atoms with E-state index in [1.807, 2.05) is 52.0 Å². The summed E-state index contributed by atoms with van der Waals surface area (Å²) in [6.07, 6.45) is 6.08. The van der Waals surface area contributed by atoms with Crippen LogP contribution in [-0.4, -0.2) is 64.8 Å². The molecule has 262 valence electrons. The van der Waals surface area contributed by atoms with Gasteiger partial charge < -0.3 is 21.3 Å². The molecule has 1 aromatic carbocycles. The molecule has 1 saturated heterocycles. The minimum Gasteiger partial charge on any atom is -0.363 e. The third-order valence-electron chi connectivity index (χ3n) is 11.5. The Balaban J connectivity index is 1.42. The largest absolute Gasteiger partial charge is 0.363 e. The highest BCUT2D eigenvalue weighted by Crippen LogP contribution is 2.65. The first-order chi connectivity index (χ1) is 22.6. The van der Waals surface area contributed by atoms with Crippen molar-refractivity contribution in [2.75, 3.05) is 6.54 Å². The van der Waals surface area contributed by atoms with E-state index < -0.39 is 47.6 Å². The molecule has 10 heteroatoms. The van der Waals surface area contributed by atoms with Crippen LogP contribution in [0.3, 0.4) is 0 Å². The molecule has 48 heavy (non-hydrogen) atoms. The van der Waals surface area contributed by atoms with Gasteiger partial charge in [0.1, 0.15) is 17.9 Å². The number of Topliss-reactive ketones (excluding diaryl/α,β-unsaturated/α-hetero) is 2. The molecule has 10 nitrogen and oxygen atoms in total. The molecule has 4 amide bonds. The van der Waals surface area contributed by atoms with Crippen molar-refractivity contribution in [3.8, 4) is 0 Å². The highest BCUT2D eigenvalue weighted by Gasteiger charge is 2.69. The molecule has 7 atom stereocenters.